The smallest absolute Gasteiger partial charge is 0.323 e. The number of carbonyl (C=O) groups is 1. The number of carboxylic acids is 1. The Hall–Kier alpha value is -0.610. The maximum atomic E-state index is 11.7. The van der Waals surface area contributed by atoms with Crippen molar-refractivity contribution in [3.8, 4) is 0 Å². The maximum Gasteiger partial charge on any atom is 0.323 e. The zero-order chi connectivity index (χ0) is 16.2. The molecule has 0 aromatic heterocycles. The second-order valence-electron chi connectivity index (χ2n) is 7.57. The van der Waals surface area contributed by atoms with E-state index in [4.69, 9.17) is 0 Å². The van der Waals surface area contributed by atoms with Crippen LogP contribution in [0.15, 0.2) is 0 Å². The van der Waals surface area contributed by atoms with Crippen LogP contribution in [0.2, 0.25) is 0 Å². The molecule has 124 valence electrons. The molecule has 1 aliphatic rings. The van der Waals surface area contributed by atoms with Gasteiger partial charge in [0, 0.05) is 18.1 Å². The first-order valence-electron chi connectivity index (χ1n) is 8.38. The van der Waals surface area contributed by atoms with Crippen molar-refractivity contribution in [3.63, 3.8) is 0 Å². The molecule has 4 heteroatoms. The predicted octanol–water partition coefficient (Wildman–Crippen LogP) is 3.12. The Morgan fingerprint density at radius 3 is 2.24 bits per heavy atom. The van der Waals surface area contributed by atoms with E-state index in [1.165, 1.54) is 25.7 Å². The summed E-state index contributed by atoms with van der Waals surface area (Å²) in [5.74, 6) is 0.0885. The summed E-state index contributed by atoms with van der Waals surface area (Å²) in [5.41, 5.74) is -0.857. The molecule has 21 heavy (non-hydrogen) atoms. The van der Waals surface area contributed by atoms with Crippen molar-refractivity contribution in [2.75, 3.05) is 7.05 Å². The van der Waals surface area contributed by atoms with Gasteiger partial charge in [-0.3, -0.25) is 10.1 Å². The number of nitrogens with one attached hydrogen (secondary N) is 1. The van der Waals surface area contributed by atoms with Crippen molar-refractivity contribution in [1.29, 1.82) is 0 Å². The second-order valence-corrected chi connectivity index (χ2v) is 7.57. The molecular formula is C17H34N2O2. The minimum atomic E-state index is -0.857. The normalized spacial score (nSPS) is 27.6. The molecule has 2 atom stereocenters. The number of carboxylic acid groups (broad SMARTS) is 1. The molecule has 0 saturated heterocycles. The van der Waals surface area contributed by atoms with Crippen LogP contribution in [0.4, 0.5) is 0 Å². The van der Waals surface area contributed by atoms with Crippen molar-refractivity contribution in [2.24, 2.45) is 5.92 Å². The summed E-state index contributed by atoms with van der Waals surface area (Å²) in [6.07, 6.45) is 5.69. The molecule has 0 aromatic carbocycles. The van der Waals surface area contributed by atoms with Gasteiger partial charge in [-0.2, -0.15) is 0 Å². The van der Waals surface area contributed by atoms with E-state index >= 15 is 0 Å². The summed E-state index contributed by atoms with van der Waals surface area (Å²) in [6, 6.07) is 1.03. The number of rotatable bonds is 7. The van der Waals surface area contributed by atoms with Crippen LogP contribution in [0, 0.1) is 5.92 Å². The Balaban J connectivity index is 2.64. The zero-order valence-electron chi connectivity index (χ0n) is 14.6. The third-order valence-corrected chi connectivity index (χ3v) is 5.04. The molecule has 0 bridgehead atoms. The Labute approximate surface area is 130 Å². The van der Waals surface area contributed by atoms with Gasteiger partial charge in [-0.1, -0.05) is 6.92 Å². The molecule has 0 radical (unpaired) electrons. The molecule has 0 aliphatic heterocycles. The van der Waals surface area contributed by atoms with Crippen LogP contribution in [0.3, 0.4) is 0 Å². The van der Waals surface area contributed by atoms with Crippen molar-refractivity contribution < 1.29 is 9.90 Å². The van der Waals surface area contributed by atoms with E-state index in [9.17, 15) is 9.90 Å². The van der Waals surface area contributed by atoms with Crippen molar-refractivity contribution >= 4 is 5.97 Å². The summed E-state index contributed by atoms with van der Waals surface area (Å²) in [7, 11) is 2.16. The summed E-state index contributed by atoms with van der Waals surface area (Å²) in [5, 5.41) is 12.8. The first-order valence-corrected chi connectivity index (χ1v) is 8.38. The van der Waals surface area contributed by atoms with Gasteiger partial charge >= 0.3 is 5.97 Å². The lowest BCUT2D eigenvalue weighted by atomic mass is 9.85. The fourth-order valence-corrected chi connectivity index (χ4v) is 3.59. The lowest BCUT2D eigenvalue weighted by Gasteiger charge is -2.40. The quantitative estimate of drug-likeness (QED) is 0.758. The lowest BCUT2D eigenvalue weighted by molar-refractivity contribution is -0.145. The topological polar surface area (TPSA) is 52.6 Å². The van der Waals surface area contributed by atoms with Gasteiger partial charge in [-0.25, -0.2) is 0 Å². The summed E-state index contributed by atoms with van der Waals surface area (Å²) < 4.78 is 0. The number of aliphatic carboxylic acids is 1. The summed E-state index contributed by atoms with van der Waals surface area (Å²) in [4.78, 5) is 14.1. The van der Waals surface area contributed by atoms with Gasteiger partial charge in [0.25, 0.3) is 0 Å². The molecule has 0 heterocycles. The maximum absolute atomic E-state index is 11.7. The van der Waals surface area contributed by atoms with Gasteiger partial charge in [0.15, 0.2) is 0 Å². The van der Waals surface area contributed by atoms with E-state index in [1.54, 1.807) is 0 Å². The molecule has 2 unspecified atom stereocenters. The van der Waals surface area contributed by atoms with Gasteiger partial charge in [0.2, 0.25) is 0 Å². The minimum Gasteiger partial charge on any atom is -0.480 e. The standard InChI is InChI=1S/C17H34N2O2/c1-12(2)18-17(5,16(20)21)11-14(4)19(6)15-9-7-13(3)8-10-15/h12-15,18H,7-11H2,1-6H3,(H,20,21). The van der Waals surface area contributed by atoms with Gasteiger partial charge in [0.05, 0.1) is 0 Å². The average Bonchev–Trinajstić information content (AvgIpc) is 2.37. The van der Waals surface area contributed by atoms with Crippen LogP contribution < -0.4 is 5.32 Å². The van der Waals surface area contributed by atoms with Crippen molar-refractivity contribution in [3.05, 3.63) is 0 Å². The van der Waals surface area contributed by atoms with Gasteiger partial charge in [-0.05, 0) is 72.8 Å². The van der Waals surface area contributed by atoms with E-state index < -0.39 is 11.5 Å². The lowest BCUT2D eigenvalue weighted by Crippen LogP contribution is -2.56. The van der Waals surface area contributed by atoms with Crippen LogP contribution >= 0.6 is 0 Å². The third-order valence-electron chi connectivity index (χ3n) is 5.04. The molecule has 0 aromatic rings. The molecule has 4 nitrogen and oxygen atoms in total. The molecule has 0 spiro atoms. The highest BCUT2D eigenvalue weighted by molar-refractivity contribution is 5.78. The van der Waals surface area contributed by atoms with E-state index in [1.807, 2.05) is 20.8 Å². The van der Waals surface area contributed by atoms with Gasteiger partial charge in [0.1, 0.15) is 5.54 Å². The van der Waals surface area contributed by atoms with Crippen molar-refractivity contribution in [1.82, 2.24) is 10.2 Å². The first kappa shape index (κ1) is 18.4. The van der Waals surface area contributed by atoms with E-state index in [2.05, 4.69) is 31.1 Å². The molecule has 0 amide bonds. The highest BCUT2D eigenvalue weighted by Crippen LogP contribution is 2.29. The third kappa shape index (κ3) is 5.26. The largest absolute Gasteiger partial charge is 0.480 e. The highest BCUT2D eigenvalue weighted by atomic mass is 16.4. The van der Waals surface area contributed by atoms with Crippen LogP contribution in [0.5, 0.6) is 0 Å². The van der Waals surface area contributed by atoms with E-state index in [-0.39, 0.29) is 12.1 Å². The number of nitrogens with zero attached hydrogens (tertiary/aromatic N) is 1. The fraction of sp³-hybridized carbons (Fsp3) is 0.941. The number of hydrogen-bond acceptors (Lipinski definition) is 3. The first-order chi connectivity index (χ1) is 9.65. The van der Waals surface area contributed by atoms with Crippen molar-refractivity contribution in [2.45, 2.75) is 90.4 Å². The average molecular weight is 298 g/mol. The van der Waals surface area contributed by atoms with E-state index in [0.29, 0.717) is 12.5 Å². The zero-order valence-corrected chi connectivity index (χ0v) is 14.6. The molecule has 1 rings (SSSR count). The summed E-state index contributed by atoms with van der Waals surface area (Å²) in [6.45, 7) is 10.3. The second kappa shape index (κ2) is 7.59. The summed E-state index contributed by atoms with van der Waals surface area (Å²) >= 11 is 0. The Kier molecular flexibility index (Phi) is 6.67. The number of hydrogen-bond donors (Lipinski definition) is 2. The Morgan fingerprint density at radius 1 is 1.29 bits per heavy atom. The predicted molar refractivity (Wildman–Crippen MR) is 87.6 cm³/mol. The molecule has 1 saturated carbocycles. The highest BCUT2D eigenvalue weighted by Gasteiger charge is 2.37. The van der Waals surface area contributed by atoms with Crippen LogP contribution in [-0.2, 0) is 4.79 Å². The molecule has 1 fully saturated rings. The van der Waals surface area contributed by atoms with Gasteiger partial charge in [-0.15, -0.1) is 0 Å². The molecule has 1 aliphatic carbocycles. The van der Waals surface area contributed by atoms with Crippen LogP contribution in [0.1, 0.15) is 66.7 Å². The SMILES string of the molecule is CC1CCC(N(C)C(C)CC(C)(NC(C)C)C(=O)O)CC1. The monoisotopic (exact) mass is 298 g/mol. The van der Waals surface area contributed by atoms with Gasteiger partial charge < -0.3 is 10.0 Å². The van der Waals surface area contributed by atoms with Crippen LogP contribution in [-0.4, -0.2) is 46.7 Å². The molecule has 2 N–H and O–H groups in total. The Bertz CT molecular complexity index is 338. The minimum absolute atomic E-state index is 0.166. The fourth-order valence-electron chi connectivity index (χ4n) is 3.59. The Morgan fingerprint density at radius 2 is 1.81 bits per heavy atom. The van der Waals surface area contributed by atoms with Crippen LogP contribution in [0.25, 0.3) is 0 Å². The molecular weight excluding hydrogens is 264 g/mol. The van der Waals surface area contributed by atoms with E-state index in [0.717, 1.165) is 5.92 Å².